The van der Waals surface area contributed by atoms with E-state index in [1.807, 2.05) is 0 Å². The van der Waals surface area contributed by atoms with E-state index in [-0.39, 0.29) is 5.69 Å². The summed E-state index contributed by atoms with van der Waals surface area (Å²) in [6.45, 7) is 0. The van der Waals surface area contributed by atoms with Crippen molar-refractivity contribution in [3.63, 3.8) is 0 Å². The zero-order valence-electron chi connectivity index (χ0n) is 13.2. The SMILES string of the molecule is COc1cc(C(=O)O)nc(-c2cc(OC)c(OC)c(OC)c2)c1. The van der Waals surface area contributed by atoms with Gasteiger partial charge in [-0.2, -0.15) is 0 Å². The molecule has 1 N–H and O–H groups in total. The lowest BCUT2D eigenvalue weighted by molar-refractivity contribution is 0.0690. The van der Waals surface area contributed by atoms with E-state index >= 15 is 0 Å². The summed E-state index contributed by atoms with van der Waals surface area (Å²) < 4.78 is 21.0. The Kier molecular flexibility index (Phi) is 4.90. The molecule has 122 valence electrons. The van der Waals surface area contributed by atoms with E-state index in [2.05, 4.69) is 4.98 Å². The largest absolute Gasteiger partial charge is 0.497 e. The molecule has 0 radical (unpaired) electrons. The summed E-state index contributed by atoms with van der Waals surface area (Å²) in [6, 6.07) is 6.36. The summed E-state index contributed by atoms with van der Waals surface area (Å²) in [5, 5.41) is 9.17. The molecule has 0 unspecified atom stereocenters. The van der Waals surface area contributed by atoms with Crippen LogP contribution in [-0.4, -0.2) is 44.5 Å². The van der Waals surface area contributed by atoms with Crippen molar-refractivity contribution in [3.8, 4) is 34.3 Å². The fourth-order valence-electron chi connectivity index (χ4n) is 2.11. The standard InChI is InChI=1S/C16H17NO6/c1-20-10-7-11(17-12(8-10)16(18)19)9-5-13(21-2)15(23-4)14(6-9)22-3/h5-8H,1-4H3,(H,18,19). The van der Waals surface area contributed by atoms with Gasteiger partial charge in [-0.25, -0.2) is 9.78 Å². The molecule has 0 bridgehead atoms. The highest BCUT2D eigenvalue weighted by Crippen LogP contribution is 2.41. The first-order chi connectivity index (χ1) is 11.0. The summed E-state index contributed by atoms with van der Waals surface area (Å²) in [5.74, 6) is 0.588. The van der Waals surface area contributed by atoms with Crippen LogP contribution in [0.3, 0.4) is 0 Å². The van der Waals surface area contributed by atoms with E-state index in [1.165, 1.54) is 34.5 Å². The van der Waals surface area contributed by atoms with Gasteiger partial charge in [0.1, 0.15) is 5.75 Å². The van der Waals surface area contributed by atoms with Crippen LogP contribution in [0, 0.1) is 0 Å². The molecular formula is C16H17NO6. The van der Waals surface area contributed by atoms with E-state index in [4.69, 9.17) is 18.9 Å². The summed E-state index contributed by atoms with van der Waals surface area (Å²) in [7, 11) is 5.97. The minimum Gasteiger partial charge on any atom is -0.497 e. The Hall–Kier alpha value is -2.96. The van der Waals surface area contributed by atoms with Gasteiger partial charge in [0.2, 0.25) is 5.75 Å². The Morgan fingerprint density at radius 1 is 0.913 bits per heavy atom. The van der Waals surface area contributed by atoms with Crippen molar-refractivity contribution in [1.82, 2.24) is 4.98 Å². The molecule has 1 aromatic carbocycles. The van der Waals surface area contributed by atoms with Gasteiger partial charge in [-0.3, -0.25) is 0 Å². The van der Waals surface area contributed by atoms with Crippen molar-refractivity contribution >= 4 is 5.97 Å². The molecule has 0 saturated heterocycles. The number of aromatic carboxylic acids is 1. The Morgan fingerprint density at radius 3 is 1.96 bits per heavy atom. The third-order valence-corrected chi connectivity index (χ3v) is 3.21. The first-order valence-electron chi connectivity index (χ1n) is 6.63. The smallest absolute Gasteiger partial charge is 0.354 e. The summed E-state index contributed by atoms with van der Waals surface area (Å²) >= 11 is 0. The van der Waals surface area contributed by atoms with Crippen molar-refractivity contribution in [1.29, 1.82) is 0 Å². The lowest BCUT2D eigenvalue weighted by Gasteiger charge is -2.14. The van der Waals surface area contributed by atoms with Crippen molar-refractivity contribution < 1.29 is 28.8 Å². The molecule has 0 spiro atoms. The third-order valence-electron chi connectivity index (χ3n) is 3.21. The van der Waals surface area contributed by atoms with Crippen LogP contribution in [0.25, 0.3) is 11.3 Å². The van der Waals surface area contributed by atoms with Gasteiger partial charge in [-0.05, 0) is 12.1 Å². The maximum absolute atomic E-state index is 11.2. The first kappa shape index (κ1) is 16.4. The van der Waals surface area contributed by atoms with Crippen LogP contribution < -0.4 is 18.9 Å². The first-order valence-corrected chi connectivity index (χ1v) is 6.63. The lowest BCUT2D eigenvalue weighted by atomic mass is 10.1. The molecule has 7 heteroatoms. The number of methoxy groups -OCH3 is 4. The van der Waals surface area contributed by atoms with E-state index in [0.717, 1.165) is 0 Å². The number of aromatic nitrogens is 1. The fourth-order valence-corrected chi connectivity index (χ4v) is 2.11. The van der Waals surface area contributed by atoms with Crippen molar-refractivity contribution in [3.05, 3.63) is 30.0 Å². The molecule has 2 aromatic rings. The zero-order chi connectivity index (χ0) is 17.0. The number of benzene rings is 1. The highest BCUT2D eigenvalue weighted by Gasteiger charge is 2.17. The van der Waals surface area contributed by atoms with Gasteiger partial charge in [-0.1, -0.05) is 0 Å². The van der Waals surface area contributed by atoms with Gasteiger partial charge in [0, 0.05) is 17.7 Å². The van der Waals surface area contributed by atoms with Crippen molar-refractivity contribution in [2.75, 3.05) is 28.4 Å². The Balaban J connectivity index is 2.66. The van der Waals surface area contributed by atoms with Gasteiger partial charge < -0.3 is 24.1 Å². The highest BCUT2D eigenvalue weighted by atomic mass is 16.5. The monoisotopic (exact) mass is 319 g/mol. The maximum atomic E-state index is 11.2. The minimum atomic E-state index is -1.14. The van der Waals surface area contributed by atoms with Crippen LogP contribution >= 0.6 is 0 Å². The summed E-state index contributed by atoms with van der Waals surface area (Å²) in [4.78, 5) is 15.3. The number of pyridine rings is 1. The normalized spacial score (nSPS) is 10.1. The van der Waals surface area contributed by atoms with Crippen molar-refractivity contribution in [2.24, 2.45) is 0 Å². The summed E-state index contributed by atoms with van der Waals surface area (Å²) in [6.07, 6.45) is 0. The molecule has 2 rings (SSSR count). The molecule has 7 nitrogen and oxygen atoms in total. The van der Waals surface area contributed by atoms with Crippen LogP contribution in [0.15, 0.2) is 24.3 Å². The predicted octanol–water partition coefficient (Wildman–Crippen LogP) is 2.48. The molecule has 0 aliphatic carbocycles. The number of carbonyl (C=O) groups is 1. The molecule has 0 saturated carbocycles. The molecule has 1 heterocycles. The summed E-state index contributed by atoms with van der Waals surface area (Å²) in [5.41, 5.74) is 0.912. The van der Waals surface area contributed by atoms with Crippen molar-refractivity contribution in [2.45, 2.75) is 0 Å². The number of carboxylic acids is 1. The molecule has 0 aliphatic rings. The second kappa shape index (κ2) is 6.87. The Labute approximate surface area is 133 Å². The number of hydrogen-bond donors (Lipinski definition) is 1. The van der Waals surface area contributed by atoms with Gasteiger partial charge in [0.15, 0.2) is 17.2 Å². The second-order valence-electron chi connectivity index (χ2n) is 4.50. The van der Waals surface area contributed by atoms with Gasteiger partial charge in [0.05, 0.1) is 34.1 Å². The third kappa shape index (κ3) is 3.28. The fraction of sp³-hybridized carbons (Fsp3) is 0.250. The lowest BCUT2D eigenvalue weighted by Crippen LogP contribution is -2.03. The second-order valence-corrected chi connectivity index (χ2v) is 4.50. The van der Waals surface area contributed by atoms with Crippen LogP contribution in [0.5, 0.6) is 23.0 Å². The molecular weight excluding hydrogens is 302 g/mol. The van der Waals surface area contributed by atoms with Gasteiger partial charge in [-0.15, -0.1) is 0 Å². The molecule has 1 aromatic heterocycles. The molecule has 0 atom stereocenters. The molecule has 0 fully saturated rings. The Bertz CT molecular complexity index is 704. The molecule has 0 amide bonds. The number of nitrogens with zero attached hydrogens (tertiary/aromatic N) is 1. The van der Waals surface area contributed by atoms with E-state index in [1.54, 1.807) is 18.2 Å². The quantitative estimate of drug-likeness (QED) is 0.875. The van der Waals surface area contributed by atoms with Crippen LogP contribution in [0.2, 0.25) is 0 Å². The van der Waals surface area contributed by atoms with E-state index in [9.17, 15) is 9.90 Å². The molecule has 23 heavy (non-hydrogen) atoms. The number of ether oxygens (including phenoxy) is 4. The number of hydrogen-bond acceptors (Lipinski definition) is 6. The van der Waals surface area contributed by atoms with Crippen LogP contribution in [0.1, 0.15) is 10.5 Å². The zero-order valence-corrected chi connectivity index (χ0v) is 13.2. The van der Waals surface area contributed by atoms with Gasteiger partial charge in [0.25, 0.3) is 0 Å². The average molecular weight is 319 g/mol. The number of carboxylic acid groups (broad SMARTS) is 1. The highest BCUT2D eigenvalue weighted by molar-refractivity contribution is 5.87. The average Bonchev–Trinajstić information content (AvgIpc) is 2.59. The minimum absolute atomic E-state index is 0.117. The van der Waals surface area contributed by atoms with Crippen LogP contribution in [0.4, 0.5) is 0 Å². The van der Waals surface area contributed by atoms with E-state index < -0.39 is 5.97 Å². The maximum Gasteiger partial charge on any atom is 0.354 e. The predicted molar refractivity (Wildman–Crippen MR) is 82.8 cm³/mol. The number of rotatable bonds is 6. The topological polar surface area (TPSA) is 87.1 Å². The Morgan fingerprint density at radius 2 is 1.52 bits per heavy atom. The van der Waals surface area contributed by atoms with Gasteiger partial charge >= 0.3 is 5.97 Å². The van der Waals surface area contributed by atoms with Crippen LogP contribution in [-0.2, 0) is 0 Å². The molecule has 0 aliphatic heterocycles. The van der Waals surface area contributed by atoms with E-state index in [0.29, 0.717) is 34.3 Å².